The minimum absolute atomic E-state index is 0.0870. The molecule has 41 heavy (non-hydrogen) atoms. The van der Waals surface area contributed by atoms with Crippen molar-refractivity contribution in [3.05, 3.63) is 64.1 Å². The lowest BCUT2D eigenvalue weighted by Crippen LogP contribution is -2.56. The molecule has 0 bridgehead atoms. The molecule has 2 saturated heterocycles. The van der Waals surface area contributed by atoms with Crippen LogP contribution < -0.4 is 20.7 Å². The van der Waals surface area contributed by atoms with Gasteiger partial charge in [-0.2, -0.15) is 0 Å². The van der Waals surface area contributed by atoms with E-state index in [0.29, 0.717) is 56.1 Å². The van der Waals surface area contributed by atoms with Crippen LogP contribution in [0.1, 0.15) is 31.2 Å². The summed E-state index contributed by atoms with van der Waals surface area (Å²) in [7, 11) is 0. The summed E-state index contributed by atoms with van der Waals surface area (Å²) in [6.45, 7) is 0.815. The fraction of sp³-hybridized carbons (Fsp3) is 0.448. The zero-order chi connectivity index (χ0) is 29.4. The van der Waals surface area contributed by atoms with Gasteiger partial charge in [-0.15, -0.1) is 0 Å². The Kier molecular flexibility index (Phi) is 10.8. The number of ether oxygens (including phenoxy) is 1. The topological polar surface area (TPSA) is 137 Å². The number of hydrogen-bond acceptors (Lipinski definition) is 6. The number of benzene rings is 2. The van der Waals surface area contributed by atoms with Crippen molar-refractivity contribution in [2.75, 3.05) is 26.2 Å². The number of amides is 4. The molecule has 4 amide bonds. The second-order valence-electron chi connectivity index (χ2n) is 10.2. The van der Waals surface area contributed by atoms with Crippen molar-refractivity contribution in [1.82, 2.24) is 20.9 Å². The Morgan fingerprint density at radius 1 is 1.12 bits per heavy atom. The Morgan fingerprint density at radius 3 is 2.61 bits per heavy atom. The number of halogens is 2. The van der Waals surface area contributed by atoms with Crippen molar-refractivity contribution < 1.29 is 29.0 Å². The van der Waals surface area contributed by atoms with Crippen LogP contribution in [0, 0.1) is 5.92 Å². The van der Waals surface area contributed by atoms with Crippen LogP contribution in [0.2, 0.25) is 10.0 Å². The summed E-state index contributed by atoms with van der Waals surface area (Å²) in [4.78, 5) is 52.9. The highest BCUT2D eigenvalue weighted by molar-refractivity contribution is 6.35. The van der Waals surface area contributed by atoms with E-state index in [9.17, 15) is 24.3 Å². The Morgan fingerprint density at radius 2 is 1.90 bits per heavy atom. The normalized spacial score (nSPS) is 19.8. The predicted octanol–water partition coefficient (Wildman–Crippen LogP) is 2.09. The summed E-state index contributed by atoms with van der Waals surface area (Å²) >= 11 is 12.0. The Hall–Kier alpha value is -3.34. The van der Waals surface area contributed by atoms with Crippen molar-refractivity contribution in [3.8, 4) is 5.75 Å². The van der Waals surface area contributed by atoms with Gasteiger partial charge in [0, 0.05) is 30.6 Å². The summed E-state index contributed by atoms with van der Waals surface area (Å²) in [6.07, 6.45) is 0.627. The predicted molar refractivity (Wildman–Crippen MR) is 154 cm³/mol. The quantitative estimate of drug-likeness (QED) is 0.293. The SMILES string of the molecule is O=C1NCC[C@H]1C[C@H](NC(=O)[C@@H]1CCCN1C(=O)COc1ccc(Cl)cc1Cl)[C@@H](O)C(=O)NCCc1ccccc1. The van der Waals surface area contributed by atoms with Gasteiger partial charge in [-0.25, -0.2) is 0 Å². The third-order valence-electron chi connectivity index (χ3n) is 7.36. The molecule has 220 valence electrons. The molecule has 0 unspecified atom stereocenters. The number of carbonyl (C=O) groups is 4. The van der Waals surface area contributed by atoms with Crippen molar-refractivity contribution in [2.45, 2.75) is 50.3 Å². The van der Waals surface area contributed by atoms with E-state index >= 15 is 0 Å². The van der Waals surface area contributed by atoms with Crippen molar-refractivity contribution >= 4 is 46.8 Å². The summed E-state index contributed by atoms with van der Waals surface area (Å²) in [5.74, 6) is -1.89. The number of hydrogen-bond donors (Lipinski definition) is 4. The molecule has 4 atom stereocenters. The summed E-state index contributed by atoms with van der Waals surface area (Å²) < 4.78 is 5.56. The monoisotopic (exact) mass is 604 g/mol. The molecule has 4 N–H and O–H groups in total. The van der Waals surface area contributed by atoms with E-state index in [-0.39, 0.29) is 24.0 Å². The zero-order valence-electron chi connectivity index (χ0n) is 22.5. The number of aliphatic hydroxyl groups is 1. The zero-order valence-corrected chi connectivity index (χ0v) is 24.0. The lowest BCUT2D eigenvalue weighted by molar-refractivity contribution is -0.141. The van der Waals surface area contributed by atoms with Gasteiger partial charge in [0.15, 0.2) is 12.7 Å². The van der Waals surface area contributed by atoms with Gasteiger partial charge in [-0.05, 0) is 55.9 Å². The van der Waals surface area contributed by atoms with Gasteiger partial charge in [-0.1, -0.05) is 53.5 Å². The Balaban J connectivity index is 1.37. The van der Waals surface area contributed by atoms with Crippen LogP contribution in [0.25, 0.3) is 0 Å². The number of rotatable bonds is 12. The fourth-order valence-corrected chi connectivity index (χ4v) is 5.60. The van der Waals surface area contributed by atoms with Crippen LogP contribution in [-0.4, -0.2) is 78.1 Å². The van der Waals surface area contributed by atoms with Crippen molar-refractivity contribution in [2.24, 2.45) is 5.92 Å². The Labute approximate surface area is 248 Å². The highest BCUT2D eigenvalue weighted by atomic mass is 35.5. The fourth-order valence-electron chi connectivity index (χ4n) is 5.14. The van der Waals surface area contributed by atoms with Crippen LogP contribution >= 0.6 is 23.2 Å². The second kappa shape index (κ2) is 14.5. The number of nitrogens with zero attached hydrogens (tertiary/aromatic N) is 1. The number of likely N-dealkylation sites (tertiary alicyclic amines) is 1. The largest absolute Gasteiger partial charge is 0.482 e. The first-order chi connectivity index (χ1) is 19.7. The van der Waals surface area contributed by atoms with E-state index in [2.05, 4.69) is 16.0 Å². The van der Waals surface area contributed by atoms with Gasteiger partial charge in [0.05, 0.1) is 11.1 Å². The van der Waals surface area contributed by atoms with Gasteiger partial charge in [0.25, 0.3) is 11.8 Å². The first kappa shape index (κ1) is 30.6. The molecule has 2 heterocycles. The van der Waals surface area contributed by atoms with Gasteiger partial charge in [0.2, 0.25) is 11.8 Å². The molecule has 2 aliphatic heterocycles. The maximum absolute atomic E-state index is 13.4. The van der Waals surface area contributed by atoms with E-state index in [1.807, 2.05) is 30.3 Å². The molecule has 0 spiro atoms. The van der Waals surface area contributed by atoms with E-state index in [1.54, 1.807) is 12.1 Å². The molecule has 10 nitrogen and oxygen atoms in total. The first-order valence-corrected chi connectivity index (χ1v) is 14.4. The minimum atomic E-state index is -1.58. The molecule has 0 aliphatic carbocycles. The molecule has 0 radical (unpaired) electrons. The van der Waals surface area contributed by atoms with Crippen LogP contribution in [0.5, 0.6) is 5.75 Å². The lowest BCUT2D eigenvalue weighted by atomic mass is 9.94. The molecule has 12 heteroatoms. The van der Waals surface area contributed by atoms with Crippen LogP contribution in [0.4, 0.5) is 0 Å². The molecular formula is C29H34Cl2N4O6. The highest BCUT2D eigenvalue weighted by Crippen LogP contribution is 2.28. The number of aliphatic hydroxyl groups excluding tert-OH is 1. The minimum Gasteiger partial charge on any atom is -0.482 e. The molecular weight excluding hydrogens is 571 g/mol. The van der Waals surface area contributed by atoms with Crippen molar-refractivity contribution in [1.29, 1.82) is 0 Å². The maximum atomic E-state index is 13.4. The lowest BCUT2D eigenvalue weighted by Gasteiger charge is -2.29. The summed E-state index contributed by atoms with van der Waals surface area (Å²) in [5.41, 5.74) is 1.03. The van der Waals surface area contributed by atoms with Crippen LogP contribution in [-0.2, 0) is 25.6 Å². The average Bonchev–Trinajstić information content (AvgIpc) is 3.61. The Bertz CT molecular complexity index is 1250. The summed E-state index contributed by atoms with van der Waals surface area (Å²) in [6, 6.07) is 12.4. The average molecular weight is 606 g/mol. The molecule has 2 aromatic carbocycles. The van der Waals surface area contributed by atoms with Gasteiger partial charge in [0.1, 0.15) is 11.8 Å². The van der Waals surface area contributed by atoms with Crippen LogP contribution in [0.15, 0.2) is 48.5 Å². The van der Waals surface area contributed by atoms with E-state index in [4.69, 9.17) is 27.9 Å². The third-order valence-corrected chi connectivity index (χ3v) is 7.89. The smallest absolute Gasteiger partial charge is 0.261 e. The van der Waals surface area contributed by atoms with Gasteiger partial charge < -0.3 is 30.7 Å². The van der Waals surface area contributed by atoms with Gasteiger partial charge in [-0.3, -0.25) is 19.2 Å². The molecule has 0 saturated carbocycles. The van der Waals surface area contributed by atoms with E-state index in [1.165, 1.54) is 11.0 Å². The standard InChI is InChI=1S/C29H34Cl2N4O6/c30-20-8-9-24(21(31)16-20)41-17-25(36)35-14-4-7-23(35)28(39)34-22(15-19-11-13-32-27(19)38)26(37)29(40)33-12-10-18-5-2-1-3-6-18/h1-3,5-6,8-9,16,19,22-23,26,37H,4,7,10-15,17H2,(H,32,38)(H,33,40)(H,34,39)/t19-,22-,23-,26+/m0/s1. The van der Waals surface area contributed by atoms with E-state index < -0.39 is 41.8 Å². The second-order valence-corrected chi connectivity index (χ2v) is 11.1. The van der Waals surface area contributed by atoms with Crippen molar-refractivity contribution in [3.63, 3.8) is 0 Å². The summed E-state index contributed by atoms with van der Waals surface area (Å²) in [5, 5.41) is 19.9. The van der Waals surface area contributed by atoms with Gasteiger partial charge >= 0.3 is 0 Å². The highest BCUT2D eigenvalue weighted by Gasteiger charge is 2.39. The van der Waals surface area contributed by atoms with E-state index in [0.717, 1.165) is 5.56 Å². The first-order valence-electron chi connectivity index (χ1n) is 13.7. The number of nitrogens with one attached hydrogen (secondary N) is 3. The molecule has 2 fully saturated rings. The molecule has 4 rings (SSSR count). The van der Waals surface area contributed by atoms with Crippen LogP contribution in [0.3, 0.4) is 0 Å². The maximum Gasteiger partial charge on any atom is 0.261 e. The molecule has 2 aromatic rings. The third kappa shape index (κ3) is 8.34. The number of carbonyl (C=O) groups excluding carboxylic acids is 4. The molecule has 0 aromatic heterocycles. The molecule has 2 aliphatic rings.